The van der Waals surface area contributed by atoms with Crippen molar-refractivity contribution >= 4 is 11.8 Å². The molecule has 15 heavy (non-hydrogen) atoms. The summed E-state index contributed by atoms with van der Waals surface area (Å²) in [6, 6.07) is 1.59. The molecule has 1 aliphatic heterocycles. The van der Waals surface area contributed by atoms with E-state index in [1.807, 2.05) is 0 Å². The van der Waals surface area contributed by atoms with Gasteiger partial charge in [-0.2, -0.15) is 11.8 Å². The summed E-state index contributed by atoms with van der Waals surface area (Å²) >= 11 is 2.06. The van der Waals surface area contributed by atoms with E-state index in [-0.39, 0.29) is 0 Å². The SMILES string of the molecule is CSC1CCCC(NC2CCNCC2)C1. The molecule has 2 atom stereocenters. The minimum Gasteiger partial charge on any atom is -0.317 e. The van der Waals surface area contributed by atoms with Gasteiger partial charge in [-0.15, -0.1) is 0 Å². The van der Waals surface area contributed by atoms with E-state index in [0.29, 0.717) is 0 Å². The number of piperidine rings is 1. The molecule has 0 aromatic carbocycles. The van der Waals surface area contributed by atoms with E-state index in [2.05, 4.69) is 28.7 Å². The van der Waals surface area contributed by atoms with Crippen LogP contribution in [0.5, 0.6) is 0 Å². The Kier molecular flexibility index (Phi) is 4.79. The fourth-order valence-electron chi connectivity index (χ4n) is 2.83. The molecule has 2 unspecified atom stereocenters. The van der Waals surface area contributed by atoms with Gasteiger partial charge >= 0.3 is 0 Å². The predicted molar refractivity (Wildman–Crippen MR) is 68.6 cm³/mol. The van der Waals surface area contributed by atoms with Crippen LogP contribution < -0.4 is 10.6 Å². The Morgan fingerprint density at radius 2 is 1.87 bits per heavy atom. The van der Waals surface area contributed by atoms with Crippen LogP contribution in [0.2, 0.25) is 0 Å². The second-order valence-corrected chi connectivity index (χ2v) is 6.05. The first kappa shape index (κ1) is 11.7. The summed E-state index contributed by atoms with van der Waals surface area (Å²) in [4.78, 5) is 0. The summed E-state index contributed by atoms with van der Waals surface area (Å²) in [5.74, 6) is 0. The molecule has 1 heterocycles. The lowest BCUT2D eigenvalue weighted by atomic mass is 9.93. The molecule has 0 aromatic rings. The van der Waals surface area contributed by atoms with Crippen molar-refractivity contribution < 1.29 is 0 Å². The number of hydrogen-bond donors (Lipinski definition) is 2. The smallest absolute Gasteiger partial charge is 0.00938 e. The molecule has 0 bridgehead atoms. The molecule has 1 aliphatic carbocycles. The van der Waals surface area contributed by atoms with E-state index in [1.165, 1.54) is 51.6 Å². The monoisotopic (exact) mass is 228 g/mol. The van der Waals surface area contributed by atoms with E-state index in [4.69, 9.17) is 0 Å². The maximum atomic E-state index is 3.87. The number of thioether (sulfide) groups is 1. The van der Waals surface area contributed by atoms with E-state index in [0.717, 1.165) is 17.3 Å². The second kappa shape index (κ2) is 6.12. The Bertz CT molecular complexity index is 180. The van der Waals surface area contributed by atoms with Gasteiger partial charge in [0.15, 0.2) is 0 Å². The zero-order valence-corrected chi connectivity index (χ0v) is 10.6. The molecule has 1 saturated carbocycles. The number of hydrogen-bond acceptors (Lipinski definition) is 3. The van der Waals surface area contributed by atoms with E-state index in [1.54, 1.807) is 0 Å². The Balaban J connectivity index is 1.72. The van der Waals surface area contributed by atoms with Crippen molar-refractivity contribution in [2.75, 3.05) is 19.3 Å². The molecular formula is C12H24N2S. The molecule has 2 rings (SSSR count). The molecule has 3 heteroatoms. The first-order chi connectivity index (χ1) is 7.38. The molecule has 1 saturated heterocycles. The van der Waals surface area contributed by atoms with Crippen LogP contribution in [0, 0.1) is 0 Å². The third kappa shape index (κ3) is 3.65. The Hall–Kier alpha value is 0.270. The zero-order valence-electron chi connectivity index (χ0n) is 9.80. The van der Waals surface area contributed by atoms with Gasteiger partial charge in [-0.05, 0) is 51.4 Å². The Morgan fingerprint density at radius 3 is 2.60 bits per heavy atom. The largest absolute Gasteiger partial charge is 0.317 e. The first-order valence-electron chi connectivity index (χ1n) is 6.38. The van der Waals surface area contributed by atoms with Gasteiger partial charge < -0.3 is 10.6 Å². The van der Waals surface area contributed by atoms with E-state index in [9.17, 15) is 0 Å². The molecule has 0 aromatic heterocycles. The zero-order chi connectivity index (χ0) is 10.5. The number of rotatable bonds is 3. The van der Waals surface area contributed by atoms with Crippen molar-refractivity contribution in [3.63, 3.8) is 0 Å². The molecule has 2 fully saturated rings. The van der Waals surface area contributed by atoms with Gasteiger partial charge in [0.25, 0.3) is 0 Å². The van der Waals surface area contributed by atoms with Crippen LogP contribution in [0.25, 0.3) is 0 Å². The molecule has 2 nitrogen and oxygen atoms in total. The summed E-state index contributed by atoms with van der Waals surface area (Å²) in [5.41, 5.74) is 0. The maximum Gasteiger partial charge on any atom is 0.00938 e. The summed E-state index contributed by atoms with van der Waals surface area (Å²) in [7, 11) is 0. The van der Waals surface area contributed by atoms with E-state index < -0.39 is 0 Å². The van der Waals surface area contributed by atoms with Crippen LogP contribution in [0.15, 0.2) is 0 Å². The van der Waals surface area contributed by atoms with Crippen LogP contribution >= 0.6 is 11.8 Å². The van der Waals surface area contributed by atoms with Crippen molar-refractivity contribution in [3.8, 4) is 0 Å². The highest BCUT2D eigenvalue weighted by Gasteiger charge is 2.23. The van der Waals surface area contributed by atoms with Crippen molar-refractivity contribution in [2.45, 2.75) is 55.9 Å². The third-order valence-electron chi connectivity index (χ3n) is 3.77. The third-order valence-corrected chi connectivity index (χ3v) is 4.86. The van der Waals surface area contributed by atoms with Gasteiger partial charge in [-0.3, -0.25) is 0 Å². The molecule has 88 valence electrons. The predicted octanol–water partition coefficient (Wildman–Crippen LogP) is 2.00. The van der Waals surface area contributed by atoms with Gasteiger partial charge in [0.1, 0.15) is 0 Å². The Morgan fingerprint density at radius 1 is 1.07 bits per heavy atom. The summed E-state index contributed by atoms with van der Waals surface area (Å²) in [6.07, 6.45) is 10.6. The second-order valence-electron chi connectivity index (χ2n) is 4.91. The molecule has 2 N–H and O–H groups in total. The van der Waals surface area contributed by atoms with Gasteiger partial charge in [0, 0.05) is 17.3 Å². The fourth-order valence-corrected chi connectivity index (χ4v) is 3.66. The fraction of sp³-hybridized carbons (Fsp3) is 1.00. The normalized spacial score (nSPS) is 34.2. The van der Waals surface area contributed by atoms with Gasteiger partial charge in [0.2, 0.25) is 0 Å². The summed E-state index contributed by atoms with van der Waals surface area (Å²) in [6.45, 7) is 2.41. The van der Waals surface area contributed by atoms with Gasteiger partial charge in [-0.1, -0.05) is 6.42 Å². The van der Waals surface area contributed by atoms with Crippen LogP contribution in [0.1, 0.15) is 38.5 Å². The lowest BCUT2D eigenvalue weighted by Gasteiger charge is -2.33. The lowest BCUT2D eigenvalue weighted by Crippen LogP contribution is -2.46. The average molecular weight is 228 g/mol. The van der Waals surface area contributed by atoms with Crippen molar-refractivity contribution in [1.82, 2.24) is 10.6 Å². The summed E-state index contributed by atoms with van der Waals surface area (Å²) in [5, 5.41) is 8.21. The molecule has 0 amide bonds. The van der Waals surface area contributed by atoms with Crippen molar-refractivity contribution in [3.05, 3.63) is 0 Å². The van der Waals surface area contributed by atoms with E-state index >= 15 is 0 Å². The highest BCUT2D eigenvalue weighted by Crippen LogP contribution is 2.27. The highest BCUT2D eigenvalue weighted by atomic mass is 32.2. The molecular weight excluding hydrogens is 204 g/mol. The van der Waals surface area contributed by atoms with Gasteiger partial charge in [0.05, 0.1) is 0 Å². The number of nitrogens with one attached hydrogen (secondary N) is 2. The molecule has 0 spiro atoms. The maximum absolute atomic E-state index is 3.87. The molecule has 0 radical (unpaired) electrons. The summed E-state index contributed by atoms with van der Waals surface area (Å²) < 4.78 is 0. The standard InChI is InChI=1S/C12H24N2S/c1-15-12-4-2-3-11(9-12)14-10-5-7-13-8-6-10/h10-14H,2-9H2,1H3. The van der Waals surface area contributed by atoms with Crippen molar-refractivity contribution in [2.24, 2.45) is 0 Å². The Labute approximate surface area is 98.0 Å². The quantitative estimate of drug-likeness (QED) is 0.772. The highest BCUT2D eigenvalue weighted by molar-refractivity contribution is 7.99. The van der Waals surface area contributed by atoms with Crippen molar-refractivity contribution in [1.29, 1.82) is 0 Å². The van der Waals surface area contributed by atoms with Crippen LogP contribution in [-0.4, -0.2) is 36.7 Å². The topological polar surface area (TPSA) is 24.1 Å². The van der Waals surface area contributed by atoms with Crippen LogP contribution in [0.4, 0.5) is 0 Å². The van der Waals surface area contributed by atoms with Crippen LogP contribution in [0.3, 0.4) is 0 Å². The average Bonchev–Trinajstić information content (AvgIpc) is 2.31. The minimum atomic E-state index is 0.789. The first-order valence-corrected chi connectivity index (χ1v) is 7.67. The lowest BCUT2D eigenvalue weighted by molar-refractivity contribution is 0.301. The minimum absolute atomic E-state index is 0.789. The van der Waals surface area contributed by atoms with Gasteiger partial charge in [-0.25, -0.2) is 0 Å². The molecule has 2 aliphatic rings. The van der Waals surface area contributed by atoms with Crippen LogP contribution in [-0.2, 0) is 0 Å².